The molecule has 2 aromatic rings. The van der Waals surface area contributed by atoms with Crippen LogP contribution < -0.4 is 10.1 Å². The van der Waals surface area contributed by atoms with Crippen molar-refractivity contribution in [3.8, 4) is 5.88 Å². The number of hydrogen-bond donors (Lipinski definition) is 1. The molecule has 0 radical (unpaired) electrons. The summed E-state index contributed by atoms with van der Waals surface area (Å²) in [7, 11) is 0. The van der Waals surface area contributed by atoms with Crippen LogP contribution in [0.2, 0.25) is 5.15 Å². The highest BCUT2D eigenvalue weighted by Gasteiger charge is 2.13. The number of ether oxygens (including phenoxy) is 1. The number of nitrogens with one attached hydrogen (secondary N) is 1. The smallest absolute Gasteiger partial charge is 0.252 e. The summed E-state index contributed by atoms with van der Waals surface area (Å²) in [4.78, 5) is 8.74. The number of nitrogens with zero attached hydrogens (tertiary/aromatic N) is 2. The van der Waals surface area contributed by atoms with E-state index < -0.39 is 0 Å². The van der Waals surface area contributed by atoms with Crippen LogP contribution in [0, 0.1) is 5.92 Å². The van der Waals surface area contributed by atoms with Gasteiger partial charge >= 0.3 is 0 Å². The molecule has 1 saturated heterocycles. The minimum atomic E-state index is 0.341. The number of piperidine rings is 1. The zero-order chi connectivity index (χ0) is 14.5. The molecule has 2 heterocycles. The summed E-state index contributed by atoms with van der Waals surface area (Å²) in [6.07, 6.45) is 4.82. The van der Waals surface area contributed by atoms with Gasteiger partial charge in [-0.25, -0.2) is 9.97 Å². The maximum Gasteiger partial charge on any atom is 0.252 e. The third kappa shape index (κ3) is 3.83. The molecule has 0 bridgehead atoms. The van der Waals surface area contributed by atoms with Crippen LogP contribution in [-0.4, -0.2) is 29.7 Å². The van der Waals surface area contributed by atoms with Gasteiger partial charge in [0.05, 0.1) is 17.6 Å². The fraction of sp³-hybridized carbons (Fsp3) is 0.500. The van der Waals surface area contributed by atoms with Gasteiger partial charge in [-0.1, -0.05) is 23.7 Å². The molecule has 1 fully saturated rings. The van der Waals surface area contributed by atoms with Crippen molar-refractivity contribution in [2.45, 2.75) is 25.7 Å². The summed E-state index contributed by atoms with van der Waals surface area (Å²) in [5.74, 6) is 1.22. The summed E-state index contributed by atoms with van der Waals surface area (Å²) in [6, 6.07) is 7.67. The third-order valence-corrected chi connectivity index (χ3v) is 4.14. The molecule has 4 nitrogen and oxygen atoms in total. The molecule has 1 aliphatic rings. The Morgan fingerprint density at radius 2 is 2.05 bits per heavy atom. The fourth-order valence-electron chi connectivity index (χ4n) is 2.77. The van der Waals surface area contributed by atoms with Gasteiger partial charge in [-0.05, 0) is 56.8 Å². The minimum absolute atomic E-state index is 0.341. The lowest BCUT2D eigenvalue weighted by Gasteiger charge is -2.22. The van der Waals surface area contributed by atoms with Crippen molar-refractivity contribution in [1.82, 2.24) is 15.3 Å². The zero-order valence-electron chi connectivity index (χ0n) is 12.0. The molecule has 21 heavy (non-hydrogen) atoms. The molecule has 1 aromatic heterocycles. The summed E-state index contributed by atoms with van der Waals surface area (Å²) in [5.41, 5.74) is 1.61. The van der Waals surface area contributed by atoms with E-state index in [0.717, 1.165) is 36.5 Å². The van der Waals surface area contributed by atoms with Gasteiger partial charge in [0.1, 0.15) is 0 Å². The van der Waals surface area contributed by atoms with Crippen LogP contribution in [-0.2, 0) is 0 Å². The Labute approximate surface area is 129 Å². The van der Waals surface area contributed by atoms with Gasteiger partial charge < -0.3 is 10.1 Å². The van der Waals surface area contributed by atoms with E-state index in [0.29, 0.717) is 17.6 Å². The zero-order valence-corrected chi connectivity index (χ0v) is 12.8. The second-order valence-corrected chi connectivity index (χ2v) is 5.87. The summed E-state index contributed by atoms with van der Waals surface area (Å²) >= 11 is 6.12. The molecular formula is C16H20ClN3O. The van der Waals surface area contributed by atoms with Crippen LogP contribution in [0.25, 0.3) is 11.0 Å². The predicted molar refractivity (Wildman–Crippen MR) is 84.9 cm³/mol. The van der Waals surface area contributed by atoms with Crippen molar-refractivity contribution in [2.24, 2.45) is 5.92 Å². The Morgan fingerprint density at radius 1 is 1.24 bits per heavy atom. The molecule has 5 heteroatoms. The normalized spacial score (nSPS) is 18.8. The molecule has 1 aromatic carbocycles. The van der Waals surface area contributed by atoms with Crippen molar-refractivity contribution in [3.63, 3.8) is 0 Å². The van der Waals surface area contributed by atoms with Gasteiger partial charge in [0.2, 0.25) is 0 Å². The number of rotatable bonds is 5. The fourth-order valence-corrected chi connectivity index (χ4v) is 2.95. The Bertz CT molecular complexity index is 599. The number of aromatic nitrogens is 2. The Hall–Kier alpha value is -1.39. The van der Waals surface area contributed by atoms with Crippen molar-refractivity contribution >= 4 is 22.6 Å². The van der Waals surface area contributed by atoms with Crippen molar-refractivity contribution < 1.29 is 4.74 Å². The summed E-state index contributed by atoms with van der Waals surface area (Å²) in [5, 5.41) is 3.78. The molecule has 112 valence electrons. The Balaban J connectivity index is 1.53. The Morgan fingerprint density at radius 3 is 2.81 bits per heavy atom. The van der Waals surface area contributed by atoms with E-state index in [-0.39, 0.29) is 0 Å². The lowest BCUT2D eigenvalue weighted by Crippen LogP contribution is -2.29. The molecule has 1 N–H and O–H groups in total. The molecule has 0 amide bonds. The van der Waals surface area contributed by atoms with E-state index in [4.69, 9.17) is 16.3 Å². The van der Waals surface area contributed by atoms with Gasteiger partial charge in [-0.2, -0.15) is 0 Å². The highest BCUT2D eigenvalue weighted by molar-refractivity contribution is 6.31. The number of fused-ring (bicyclic) bond motifs is 1. The van der Waals surface area contributed by atoms with Gasteiger partial charge in [0.25, 0.3) is 5.88 Å². The van der Waals surface area contributed by atoms with Crippen molar-refractivity contribution in [3.05, 3.63) is 29.4 Å². The largest absolute Gasteiger partial charge is 0.475 e. The SMILES string of the molecule is Clc1nc2ccccc2nc1OCCCC1CCCNC1. The molecule has 1 atom stereocenters. The number of benzene rings is 1. The molecule has 1 aliphatic heterocycles. The van der Waals surface area contributed by atoms with Crippen LogP contribution in [0.4, 0.5) is 0 Å². The molecule has 1 unspecified atom stereocenters. The highest BCUT2D eigenvalue weighted by atomic mass is 35.5. The number of hydrogen-bond acceptors (Lipinski definition) is 4. The number of halogens is 1. The quantitative estimate of drug-likeness (QED) is 0.860. The number of para-hydroxylation sites is 2. The molecule has 3 rings (SSSR count). The van der Waals surface area contributed by atoms with E-state index in [9.17, 15) is 0 Å². The van der Waals surface area contributed by atoms with Gasteiger partial charge in [-0.3, -0.25) is 0 Å². The van der Waals surface area contributed by atoms with Crippen LogP contribution in [0.15, 0.2) is 24.3 Å². The third-order valence-electron chi connectivity index (χ3n) is 3.89. The van der Waals surface area contributed by atoms with Crippen LogP contribution in [0.3, 0.4) is 0 Å². The second kappa shape index (κ2) is 7.05. The van der Waals surface area contributed by atoms with E-state index in [1.807, 2.05) is 24.3 Å². The highest BCUT2D eigenvalue weighted by Crippen LogP contribution is 2.23. The first-order valence-electron chi connectivity index (χ1n) is 7.59. The topological polar surface area (TPSA) is 47.0 Å². The molecule has 0 aliphatic carbocycles. The van der Waals surface area contributed by atoms with E-state index in [1.54, 1.807) is 0 Å². The average molecular weight is 306 g/mol. The minimum Gasteiger partial charge on any atom is -0.475 e. The van der Waals surface area contributed by atoms with Crippen LogP contribution in [0.1, 0.15) is 25.7 Å². The second-order valence-electron chi connectivity index (χ2n) is 5.51. The first-order valence-corrected chi connectivity index (χ1v) is 7.96. The predicted octanol–water partition coefficient (Wildman–Crippen LogP) is 3.44. The van der Waals surface area contributed by atoms with E-state index >= 15 is 0 Å². The van der Waals surface area contributed by atoms with E-state index in [2.05, 4.69) is 15.3 Å². The maximum absolute atomic E-state index is 6.12. The van der Waals surface area contributed by atoms with Crippen LogP contribution >= 0.6 is 11.6 Å². The van der Waals surface area contributed by atoms with Gasteiger partial charge in [0.15, 0.2) is 5.15 Å². The van der Waals surface area contributed by atoms with E-state index in [1.165, 1.54) is 19.3 Å². The standard InChI is InChI=1S/C16H20ClN3O/c17-15-16(20-14-8-2-1-7-13(14)19-15)21-10-4-6-12-5-3-9-18-11-12/h1-2,7-8,12,18H,3-6,9-11H2. The first kappa shape index (κ1) is 14.5. The summed E-state index contributed by atoms with van der Waals surface area (Å²) in [6.45, 7) is 2.94. The van der Waals surface area contributed by atoms with Gasteiger partial charge in [-0.15, -0.1) is 0 Å². The summed E-state index contributed by atoms with van der Waals surface area (Å²) < 4.78 is 5.71. The average Bonchev–Trinajstić information content (AvgIpc) is 2.53. The lowest BCUT2D eigenvalue weighted by molar-refractivity contribution is 0.268. The molecule has 0 saturated carbocycles. The van der Waals surface area contributed by atoms with Crippen LogP contribution in [0.5, 0.6) is 5.88 Å². The monoisotopic (exact) mass is 305 g/mol. The maximum atomic E-state index is 6.12. The Kier molecular flexibility index (Phi) is 4.88. The lowest BCUT2D eigenvalue weighted by atomic mass is 9.95. The van der Waals surface area contributed by atoms with Crippen molar-refractivity contribution in [2.75, 3.05) is 19.7 Å². The van der Waals surface area contributed by atoms with Crippen molar-refractivity contribution in [1.29, 1.82) is 0 Å². The molecular weight excluding hydrogens is 286 g/mol. The first-order chi connectivity index (χ1) is 10.3. The van der Waals surface area contributed by atoms with Gasteiger partial charge in [0, 0.05) is 0 Å². The molecule has 0 spiro atoms.